The van der Waals surface area contributed by atoms with E-state index in [0.29, 0.717) is 12.4 Å². The molecule has 0 fully saturated rings. The Balaban J connectivity index is 1.42. The van der Waals surface area contributed by atoms with Crippen LogP contribution >= 0.6 is 0 Å². The van der Waals surface area contributed by atoms with Crippen LogP contribution in [0.2, 0.25) is 0 Å². The molecule has 4 aromatic rings. The highest BCUT2D eigenvalue weighted by atomic mass is 16.5. The fourth-order valence-electron chi connectivity index (χ4n) is 3.82. The first kappa shape index (κ1) is 21.7. The van der Waals surface area contributed by atoms with Crippen LogP contribution in [0.5, 0.6) is 5.75 Å². The number of benzene rings is 2. The van der Waals surface area contributed by atoms with Crippen molar-refractivity contribution in [1.82, 2.24) is 14.9 Å². The minimum Gasteiger partial charge on any atom is -0.493 e. The molecule has 4 rings (SSSR count). The number of para-hydroxylation sites is 2. The summed E-state index contributed by atoms with van der Waals surface area (Å²) in [6.45, 7) is 7.55. The van der Waals surface area contributed by atoms with E-state index in [4.69, 9.17) is 14.1 Å². The van der Waals surface area contributed by atoms with Gasteiger partial charge in [-0.3, -0.25) is 4.79 Å². The highest BCUT2D eigenvalue weighted by Gasteiger charge is 2.20. The quantitative estimate of drug-likeness (QED) is 0.350. The molecule has 2 heterocycles. The fourth-order valence-corrected chi connectivity index (χ4v) is 3.82. The number of fused-ring (bicyclic) bond motifs is 1. The first-order valence-corrected chi connectivity index (χ1v) is 11.0. The first-order valence-electron chi connectivity index (χ1n) is 11.0. The number of ether oxygens (including phenoxy) is 1. The monoisotopic (exact) mass is 431 g/mol. The third-order valence-corrected chi connectivity index (χ3v) is 5.54. The minimum absolute atomic E-state index is 0.247. The molecule has 6 heteroatoms. The number of hydrogen-bond donors (Lipinski definition) is 1. The van der Waals surface area contributed by atoms with Gasteiger partial charge in [-0.2, -0.15) is 0 Å². The van der Waals surface area contributed by atoms with Crippen LogP contribution in [0.15, 0.2) is 65.3 Å². The smallest absolute Gasteiger partial charge is 0.287 e. The van der Waals surface area contributed by atoms with Crippen molar-refractivity contribution >= 4 is 16.9 Å². The molecule has 0 radical (unpaired) electrons. The Kier molecular flexibility index (Phi) is 6.59. The van der Waals surface area contributed by atoms with Crippen molar-refractivity contribution in [3.05, 3.63) is 83.6 Å². The maximum Gasteiger partial charge on any atom is 0.287 e. The van der Waals surface area contributed by atoms with E-state index in [1.54, 1.807) is 12.1 Å². The van der Waals surface area contributed by atoms with Gasteiger partial charge in [0.15, 0.2) is 5.76 Å². The van der Waals surface area contributed by atoms with Crippen LogP contribution in [0.4, 0.5) is 0 Å². The molecule has 166 valence electrons. The van der Waals surface area contributed by atoms with Crippen molar-refractivity contribution in [2.75, 3.05) is 6.61 Å². The topological polar surface area (TPSA) is 69.3 Å². The number of rotatable bonds is 9. The number of furan rings is 1. The van der Waals surface area contributed by atoms with Gasteiger partial charge < -0.3 is 19.0 Å². The van der Waals surface area contributed by atoms with Crippen LogP contribution in [0.3, 0.4) is 0 Å². The zero-order valence-corrected chi connectivity index (χ0v) is 18.8. The number of nitrogens with zero attached hydrogens (tertiary/aromatic N) is 2. The molecular weight excluding hydrogens is 402 g/mol. The molecule has 1 N–H and O–H groups in total. The van der Waals surface area contributed by atoms with Gasteiger partial charge in [0.05, 0.1) is 29.9 Å². The molecule has 2 aromatic carbocycles. The summed E-state index contributed by atoms with van der Waals surface area (Å²) in [6.07, 6.45) is 3.36. The van der Waals surface area contributed by atoms with Gasteiger partial charge in [0.25, 0.3) is 5.91 Å². The lowest BCUT2D eigenvalue weighted by atomic mass is 10.1. The Hall–Kier alpha value is -3.54. The normalized spacial score (nSPS) is 12.1. The summed E-state index contributed by atoms with van der Waals surface area (Å²) in [4.78, 5) is 17.2. The van der Waals surface area contributed by atoms with E-state index in [0.717, 1.165) is 47.6 Å². The van der Waals surface area contributed by atoms with Crippen molar-refractivity contribution in [1.29, 1.82) is 0 Å². The molecule has 32 heavy (non-hydrogen) atoms. The summed E-state index contributed by atoms with van der Waals surface area (Å²) in [5, 5.41) is 2.99. The Morgan fingerprint density at radius 2 is 1.97 bits per heavy atom. The largest absolute Gasteiger partial charge is 0.493 e. The second kappa shape index (κ2) is 9.73. The SMILES string of the molecule is Cc1ccc(C)c(OCCCCn2c([C@H](C)NC(=O)c3ccco3)nc3ccccc32)c1. The standard InChI is InChI=1S/C26H29N3O3/c1-18-12-13-19(2)24(17-18)32-15-7-6-14-29-22-10-5-4-9-21(22)28-25(29)20(3)27-26(30)23-11-8-16-31-23/h4-5,8-13,16-17,20H,6-7,14-15H2,1-3H3,(H,27,30)/t20-/m0/s1. The first-order chi connectivity index (χ1) is 15.5. The summed E-state index contributed by atoms with van der Waals surface area (Å²) in [7, 11) is 0. The highest BCUT2D eigenvalue weighted by Crippen LogP contribution is 2.23. The summed E-state index contributed by atoms with van der Waals surface area (Å²) in [5.74, 6) is 1.83. The molecule has 0 aliphatic carbocycles. The number of imidazole rings is 1. The lowest BCUT2D eigenvalue weighted by molar-refractivity contribution is 0.0909. The number of carbonyl (C=O) groups is 1. The molecule has 2 aromatic heterocycles. The number of hydrogen-bond acceptors (Lipinski definition) is 4. The van der Waals surface area contributed by atoms with Crippen molar-refractivity contribution < 1.29 is 13.9 Å². The molecule has 1 amide bonds. The molecule has 6 nitrogen and oxygen atoms in total. The predicted octanol–water partition coefficient (Wildman–Crippen LogP) is 5.60. The van der Waals surface area contributed by atoms with E-state index >= 15 is 0 Å². The molecular formula is C26H29N3O3. The third-order valence-electron chi connectivity index (χ3n) is 5.54. The van der Waals surface area contributed by atoms with Crippen LogP contribution in [0.1, 0.15) is 53.3 Å². The maximum absolute atomic E-state index is 12.4. The molecule has 0 saturated carbocycles. The summed E-state index contributed by atoms with van der Waals surface area (Å²) in [6, 6.07) is 17.4. The molecule has 0 unspecified atom stereocenters. The van der Waals surface area contributed by atoms with Crippen molar-refractivity contribution in [3.8, 4) is 5.75 Å². The number of unbranched alkanes of at least 4 members (excludes halogenated alkanes) is 1. The predicted molar refractivity (Wildman–Crippen MR) is 125 cm³/mol. The molecule has 1 atom stereocenters. The van der Waals surface area contributed by atoms with Gasteiger partial charge in [-0.1, -0.05) is 24.3 Å². The maximum atomic E-state index is 12.4. The van der Waals surface area contributed by atoms with Gasteiger partial charge in [0.2, 0.25) is 0 Å². The Bertz CT molecular complexity index is 1190. The van der Waals surface area contributed by atoms with E-state index in [2.05, 4.69) is 48.0 Å². The average Bonchev–Trinajstić information content (AvgIpc) is 3.44. The van der Waals surface area contributed by atoms with Gasteiger partial charge in [-0.25, -0.2) is 4.98 Å². The van der Waals surface area contributed by atoms with Gasteiger partial charge in [-0.15, -0.1) is 0 Å². The molecule has 0 bridgehead atoms. The zero-order valence-electron chi connectivity index (χ0n) is 18.8. The van der Waals surface area contributed by atoms with Gasteiger partial charge in [0, 0.05) is 6.54 Å². The zero-order chi connectivity index (χ0) is 22.5. The van der Waals surface area contributed by atoms with Crippen LogP contribution in [-0.2, 0) is 6.54 Å². The lowest BCUT2D eigenvalue weighted by Gasteiger charge is -2.16. The van der Waals surface area contributed by atoms with E-state index < -0.39 is 0 Å². The third kappa shape index (κ3) is 4.85. The van der Waals surface area contributed by atoms with Crippen molar-refractivity contribution in [2.24, 2.45) is 0 Å². The summed E-state index contributed by atoms with van der Waals surface area (Å²) < 4.78 is 13.4. The fraction of sp³-hybridized carbons (Fsp3) is 0.308. The van der Waals surface area contributed by atoms with Gasteiger partial charge in [-0.05, 0) is 75.1 Å². The average molecular weight is 432 g/mol. The Labute approximate surface area is 188 Å². The van der Waals surface area contributed by atoms with Crippen LogP contribution in [-0.4, -0.2) is 22.1 Å². The van der Waals surface area contributed by atoms with Crippen molar-refractivity contribution in [3.63, 3.8) is 0 Å². The minimum atomic E-state index is -0.258. The Morgan fingerprint density at radius 1 is 1.12 bits per heavy atom. The Morgan fingerprint density at radius 3 is 2.78 bits per heavy atom. The van der Waals surface area contributed by atoms with Crippen LogP contribution in [0.25, 0.3) is 11.0 Å². The lowest BCUT2D eigenvalue weighted by Crippen LogP contribution is -2.28. The van der Waals surface area contributed by atoms with Gasteiger partial charge in [0.1, 0.15) is 11.6 Å². The molecule has 0 saturated heterocycles. The number of aryl methyl sites for hydroxylation is 3. The molecule has 0 aliphatic rings. The number of aromatic nitrogens is 2. The number of nitrogens with one attached hydrogen (secondary N) is 1. The van der Waals surface area contributed by atoms with E-state index in [-0.39, 0.29) is 11.9 Å². The molecule has 0 aliphatic heterocycles. The summed E-state index contributed by atoms with van der Waals surface area (Å²) in [5.41, 5.74) is 4.34. The number of amides is 1. The highest BCUT2D eigenvalue weighted by molar-refractivity contribution is 5.91. The van der Waals surface area contributed by atoms with E-state index in [1.807, 2.05) is 25.1 Å². The van der Waals surface area contributed by atoms with Crippen LogP contribution in [0, 0.1) is 13.8 Å². The van der Waals surface area contributed by atoms with Crippen molar-refractivity contribution in [2.45, 2.75) is 46.2 Å². The van der Waals surface area contributed by atoms with E-state index in [9.17, 15) is 4.79 Å². The molecule has 0 spiro atoms. The number of carbonyl (C=O) groups excluding carboxylic acids is 1. The van der Waals surface area contributed by atoms with E-state index in [1.165, 1.54) is 11.8 Å². The second-order valence-electron chi connectivity index (χ2n) is 8.11. The summed E-state index contributed by atoms with van der Waals surface area (Å²) >= 11 is 0. The van der Waals surface area contributed by atoms with Crippen LogP contribution < -0.4 is 10.1 Å². The second-order valence-corrected chi connectivity index (χ2v) is 8.11. The van der Waals surface area contributed by atoms with Gasteiger partial charge >= 0.3 is 0 Å².